The third kappa shape index (κ3) is 9.58. The molecule has 0 radical (unpaired) electrons. The molecule has 8 aliphatic heterocycles. The number of benzene rings is 4. The summed E-state index contributed by atoms with van der Waals surface area (Å²) in [7, 11) is 0. The van der Waals surface area contributed by atoms with Crippen LogP contribution in [-0.2, 0) is 61.7 Å². The van der Waals surface area contributed by atoms with Crippen molar-refractivity contribution >= 4 is 41.0 Å². The maximum absolute atomic E-state index is 12.9. The first-order chi connectivity index (χ1) is 52.0. The number of aliphatic hydroxyl groups is 5. The van der Waals surface area contributed by atoms with Gasteiger partial charge in [-0.15, -0.1) is 6.58 Å². The summed E-state index contributed by atoms with van der Waals surface area (Å²) in [6, 6.07) is 14.4. The fourth-order valence-corrected chi connectivity index (χ4v) is 24.9. The lowest BCUT2D eigenvalue weighted by Gasteiger charge is -2.63. The number of ether oxygens (including phenoxy) is 4. The van der Waals surface area contributed by atoms with E-state index in [1.807, 2.05) is 30.3 Å². The van der Waals surface area contributed by atoms with Gasteiger partial charge >= 0.3 is 0 Å². The Hall–Kier alpha value is -8.17. The molecule has 109 heavy (non-hydrogen) atoms. The van der Waals surface area contributed by atoms with Crippen molar-refractivity contribution in [2.24, 2.45) is 28.9 Å². The number of Topliss-reactive ketones (excluding diaryl/α,β-unsaturated/α-hetero) is 3. The highest BCUT2D eigenvalue weighted by Gasteiger charge is 2.78. The first-order valence-corrected chi connectivity index (χ1v) is 39.5. The van der Waals surface area contributed by atoms with Gasteiger partial charge in [0.25, 0.3) is 23.6 Å². The molecular weight excluding hydrogens is 1390 g/mol. The molecular formula is C85H100N8O16. The lowest BCUT2D eigenvalue weighted by molar-refractivity contribution is -0.206. The van der Waals surface area contributed by atoms with Gasteiger partial charge in [0.1, 0.15) is 29.1 Å². The standard InChI is InChI=1S/C22H28N2O4.C22H26N2O4.C21H24N2O4.C20H22N2O4/c2*1-12(2)6-9-24-10-8-21-17-13-3-4-14(20(23)26)18(17)28-19(21)15(25)5-7-22(21,27)16(24)11-13;22-19(25)13-4-3-12-9-15-21(26)6-5-14(24)18-20(21,16(12)17(13)27-18)7-8-23(15)10-11-1-2-11;1-2-8-22-9-7-19-15-11-3-4-12(18(21)24)16(15)26-17(19)13(23)5-6-20(19,25)14(22)10-11/h3-4,6,15-16,19,25,27H,5,7-11H2,1-2H3,(H2,23,26);3-4,6,16,19,27H,5,7-11H2,1-2H3,(H2,23,26);3-4,11,15,18,26H,1-2,5-10H2,(H2,22,25);2-4,14,17,25H,1,5-10H2,(H2,21,24)/t15-,16-,19+,21+,22-;16-,19+,21+,22-;15-,18+,20+,21-;14-,17+,19+,20-/m1111/s1. The number of carbonyl (C=O) groups is 7. The Morgan fingerprint density at radius 1 is 0.440 bits per heavy atom. The fourth-order valence-electron chi connectivity index (χ4n) is 24.9. The van der Waals surface area contributed by atoms with Gasteiger partial charge < -0.3 is 67.4 Å². The van der Waals surface area contributed by atoms with Crippen molar-refractivity contribution in [1.29, 1.82) is 0 Å². The topological polar surface area (TPSA) is 375 Å². The predicted molar refractivity (Wildman–Crippen MR) is 398 cm³/mol. The Morgan fingerprint density at radius 2 is 0.752 bits per heavy atom. The molecule has 17 atom stereocenters. The van der Waals surface area contributed by atoms with Crippen LogP contribution < -0.4 is 41.9 Å². The van der Waals surface area contributed by atoms with Crippen LogP contribution in [0.25, 0.3) is 0 Å². The molecule has 5 saturated carbocycles. The van der Waals surface area contributed by atoms with Crippen molar-refractivity contribution in [3.8, 4) is 23.0 Å². The van der Waals surface area contributed by atoms with E-state index in [9.17, 15) is 59.1 Å². The maximum atomic E-state index is 12.9. The van der Waals surface area contributed by atoms with Gasteiger partial charge in [0.2, 0.25) is 0 Å². The van der Waals surface area contributed by atoms with E-state index in [1.54, 1.807) is 24.3 Å². The molecule has 576 valence electrons. The molecule has 4 saturated heterocycles. The summed E-state index contributed by atoms with van der Waals surface area (Å²) in [5, 5.41) is 59.0. The number of hydrogen-bond acceptors (Lipinski definition) is 20. The minimum absolute atomic E-state index is 0.00364. The minimum Gasteiger partial charge on any atom is -0.486 e. The molecule has 4 spiro atoms. The Labute approximate surface area is 633 Å². The summed E-state index contributed by atoms with van der Waals surface area (Å²) in [4.78, 5) is 95.8. The summed E-state index contributed by atoms with van der Waals surface area (Å²) in [6.45, 7) is 18.7. The van der Waals surface area contributed by atoms with Gasteiger partial charge in [-0.2, -0.15) is 0 Å². The molecule has 21 rings (SSSR count). The first kappa shape index (κ1) is 72.4. The fraction of sp³-hybridized carbons (Fsp3) is 0.565. The van der Waals surface area contributed by atoms with Crippen molar-refractivity contribution in [2.75, 3.05) is 52.4 Å². The number of likely N-dealkylation sites (tertiary alicyclic amines) is 4. The second kappa shape index (κ2) is 24.9. The molecule has 13 N–H and O–H groups in total. The predicted octanol–water partition coefficient (Wildman–Crippen LogP) is 4.36. The normalized spacial score (nSPS) is 37.3. The summed E-state index contributed by atoms with van der Waals surface area (Å²) in [6.07, 6.45) is 14.1. The first-order valence-electron chi connectivity index (χ1n) is 39.5. The monoisotopic (exact) mass is 1490 g/mol. The van der Waals surface area contributed by atoms with Gasteiger partial charge in [0, 0.05) is 105 Å². The van der Waals surface area contributed by atoms with Crippen LogP contribution >= 0.6 is 0 Å². The van der Waals surface area contributed by atoms with Crippen LogP contribution in [0.4, 0.5) is 0 Å². The molecule has 4 aromatic rings. The van der Waals surface area contributed by atoms with E-state index in [2.05, 4.69) is 66.0 Å². The van der Waals surface area contributed by atoms with Crippen LogP contribution in [0.15, 0.2) is 84.5 Å². The number of nitrogens with zero attached hydrogens (tertiary/aromatic N) is 4. The van der Waals surface area contributed by atoms with Gasteiger partial charge in [0.15, 0.2) is 35.7 Å². The number of aliphatic hydroxyl groups excluding tert-OH is 1. The van der Waals surface area contributed by atoms with Crippen molar-refractivity contribution in [1.82, 2.24) is 19.6 Å². The lowest BCUT2D eigenvalue weighted by Crippen LogP contribution is -2.77. The lowest BCUT2D eigenvalue weighted by atomic mass is 9.48. The van der Waals surface area contributed by atoms with Gasteiger partial charge in [-0.1, -0.05) is 53.6 Å². The highest BCUT2D eigenvalue weighted by molar-refractivity contribution is 6.01. The third-order valence-corrected chi connectivity index (χ3v) is 29.8. The molecule has 24 nitrogen and oxygen atoms in total. The van der Waals surface area contributed by atoms with Crippen LogP contribution in [0.1, 0.15) is 204 Å². The van der Waals surface area contributed by atoms with Crippen LogP contribution in [0.3, 0.4) is 0 Å². The van der Waals surface area contributed by atoms with E-state index in [-0.39, 0.29) is 47.9 Å². The largest absolute Gasteiger partial charge is 0.486 e. The molecule has 17 aliphatic rings. The minimum atomic E-state index is -1.05. The average molecular weight is 1490 g/mol. The zero-order valence-corrected chi connectivity index (χ0v) is 62.5. The number of nitrogens with two attached hydrogens (primary N) is 4. The molecule has 4 aromatic carbocycles. The summed E-state index contributed by atoms with van der Waals surface area (Å²) in [5.74, 6) is 0.382. The molecule has 0 aromatic heterocycles. The SMILES string of the molecule is C=CCN1CC[C@]23c4c5ccc(C(N)=O)c4O[C@H]2C(=O)CC[C@@]3(O)[C@H]1C5.CC(C)=CCN1CC[C@]23c4c5ccc(C(N)=O)c4O[C@H]2C(=O)CC[C@@]3(O)[C@H]1C5.CC(C)=CCN1CC[C@]23c4c5ccc(C(N)=O)c4O[C@H]2[C@H](O)CC[C@@]3(O)[C@H]1C5.NC(=O)c1ccc2c3c1O[C@H]1C(=O)CC[C@@]4(O)[C@@H](C2)N(CC2CC2)CC[C@]314. The summed E-state index contributed by atoms with van der Waals surface area (Å²) < 4.78 is 24.6. The number of hydrogen-bond donors (Lipinski definition) is 9. The number of piperidine rings is 4. The van der Waals surface area contributed by atoms with Crippen LogP contribution in [-0.4, -0.2) is 216 Å². The van der Waals surface area contributed by atoms with Crippen molar-refractivity contribution in [2.45, 2.75) is 242 Å². The smallest absolute Gasteiger partial charge is 0.252 e. The average Bonchev–Trinajstić information content (AvgIpc) is 1.59. The van der Waals surface area contributed by atoms with Crippen molar-refractivity contribution < 1.29 is 78.0 Å². The Morgan fingerprint density at radius 3 is 1.09 bits per heavy atom. The van der Waals surface area contributed by atoms with Gasteiger partial charge in [-0.05, 0) is 190 Å². The zero-order chi connectivity index (χ0) is 76.5. The summed E-state index contributed by atoms with van der Waals surface area (Å²) in [5.41, 5.74) is 26.9. The molecule has 9 fully saturated rings. The number of ketones is 3. The molecule has 24 heteroatoms. The number of rotatable bonds is 12. The van der Waals surface area contributed by atoms with Gasteiger partial charge in [0.05, 0.1) is 72.4 Å². The van der Waals surface area contributed by atoms with Gasteiger partial charge in [-0.25, -0.2) is 0 Å². The summed E-state index contributed by atoms with van der Waals surface area (Å²) >= 11 is 0. The van der Waals surface area contributed by atoms with Gasteiger partial charge in [-0.3, -0.25) is 53.2 Å². The van der Waals surface area contributed by atoms with Crippen LogP contribution in [0.2, 0.25) is 0 Å². The Balaban J connectivity index is 0.000000102. The molecule has 9 aliphatic carbocycles. The second-order valence-corrected chi connectivity index (χ2v) is 35.1. The molecule has 0 unspecified atom stereocenters. The number of carbonyl (C=O) groups excluding carboxylic acids is 7. The van der Waals surface area contributed by atoms with E-state index in [4.69, 9.17) is 41.9 Å². The van der Waals surface area contributed by atoms with Crippen molar-refractivity contribution in [3.05, 3.63) is 151 Å². The molecule has 8 bridgehead atoms. The quantitative estimate of drug-likeness (QED) is 0.0890. The number of allylic oxidation sites excluding steroid dienone is 2. The van der Waals surface area contributed by atoms with E-state index in [0.29, 0.717) is 142 Å². The third-order valence-electron chi connectivity index (χ3n) is 29.8. The maximum Gasteiger partial charge on any atom is 0.252 e. The van der Waals surface area contributed by atoms with Crippen LogP contribution in [0.5, 0.6) is 23.0 Å². The van der Waals surface area contributed by atoms with E-state index >= 15 is 0 Å². The number of primary amides is 4. The highest BCUT2D eigenvalue weighted by atomic mass is 16.5. The second-order valence-electron chi connectivity index (χ2n) is 35.1. The Kier molecular flexibility index (Phi) is 16.5. The number of amides is 4. The molecule has 8 heterocycles. The van der Waals surface area contributed by atoms with E-state index < -0.39 is 98.2 Å². The van der Waals surface area contributed by atoms with E-state index in [0.717, 1.165) is 103 Å². The highest BCUT2D eigenvalue weighted by Crippen LogP contribution is 2.69. The Bertz CT molecular complexity index is 4760. The van der Waals surface area contributed by atoms with Crippen molar-refractivity contribution in [3.63, 3.8) is 0 Å². The molecule has 4 amide bonds. The van der Waals surface area contributed by atoms with E-state index in [1.165, 1.54) is 24.0 Å². The zero-order valence-electron chi connectivity index (χ0n) is 62.5. The van der Waals surface area contributed by atoms with Crippen LogP contribution in [0, 0.1) is 5.92 Å².